The van der Waals surface area contributed by atoms with Crippen LogP contribution in [0, 0.1) is 12.7 Å². The van der Waals surface area contributed by atoms with Crippen molar-refractivity contribution in [1.82, 2.24) is 14.9 Å². The van der Waals surface area contributed by atoms with Gasteiger partial charge in [0.1, 0.15) is 5.82 Å². The van der Waals surface area contributed by atoms with E-state index in [1.807, 2.05) is 0 Å². The Bertz CT molecular complexity index is 1040. The van der Waals surface area contributed by atoms with E-state index in [1.54, 1.807) is 25.1 Å². The minimum absolute atomic E-state index is 0.0117. The van der Waals surface area contributed by atoms with Crippen molar-refractivity contribution in [2.45, 2.75) is 17.9 Å². The van der Waals surface area contributed by atoms with Gasteiger partial charge in [-0.1, -0.05) is 18.2 Å². The minimum atomic E-state index is -3.77. The zero-order valence-corrected chi connectivity index (χ0v) is 19.7. The van der Waals surface area contributed by atoms with Gasteiger partial charge in [-0.3, -0.25) is 9.69 Å². The molecular formula is C23H30FN3O5S. The second kappa shape index (κ2) is 11.7. The summed E-state index contributed by atoms with van der Waals surface area (Å²) in [6.45, 7) is 4.96. The molecular weight excluding hydrogens is 449 g/mol. The Morgan fingerprint density at radius 3 is 2.55 bits per heavy atom. The number of ether oxygens (including phenoxy) is 2. The molecule has 8 nitrogen and oxygen atoms in total. The molecule has 2 aromatic rings. The Morgan fingerprint density at radius 1 is 1.18 bits per heavy atom. The van der Waals surface area contributed by atoms with Crippen LogP contribution < -0.4 is 10.0 Å². The summed E-state index contributed by atoms with van der Waals surface area (Å²) in [5.41, 5.74) is 1.83. The highest BCUT2D eigenvalue weighted by atomic mass is 32.2. The van der Waals surface area contributed by atoms with E-state index < -0.39 is 10.0 Å². The Labute approximate surface area is 194 Å². The van der Waals surface area contributed by atoms with Gasteiger partial charge in [0.25, 0.3) is 5.91 Å². The maximum Gasteiger partial charge on any atom is 0.251 e. The highest BCUT2D eigenvalue weighted by Crippen LogP contribution is 2.22. The maximum absolute atomic E-state index is 13.4. The number of halogens is 1. The number of nitrogens with one attached hydrogen (secondary N) is 2. The van der Waals surface area contributed by atoms with Gasteiger partial charge in [-0.05, 0) is 42.3 Å². The number of sulfonamides is 1. The van der Waals surface area contributed by atoms with Gasteiger partial charge in [0.15, 0.2) is 0 Å². The first-order chi connectivity index (χ1) is 15.8. The van der Waals surface area contributed by atoms with Gasteiger partial charge < -0.3 is 14.8 Å². The summed E-state index contributed by atoms with van der Waals surface area (Å²) >= 11 is 0. The van der Waals surface area contributed by atoms with Crippen molar-refractivity contribution in [1.29, 1.82) is 0 Å². The molecule has 0 aromatic heterocycles. The van der Waals surface area contributed by atoms with Gasteiger partial charge in [0.05, 0.1) is 30.8 Å². The highest BCUT2D eigenvalue weighted by molar-refractivity contribution is 7.89. The maximum atomic E-state index is 13.4. The Balaban J connectivity index is 1.76. The molecule has 2 N–H and O–H groups in total. The highest BCUT2D eigenvalue weighted by Gasteiger charge is 2.24. The molecule has 1 atom stereocenters. The predicted molar refractivity (Wildman–Crippen MR) is 122 cm³/mol. The van der Waals surface area contributed by atoms with Crippen LogP contribution in [0.4, 0.5) is 4.39 Å². The van der Waals surface area contributed by atoms with E-state index >= 15 is 0 Å². The molecule has 1 heterocycles. The van der Waals surface area contributed by atoms with Gasteiger partial charge in [-0.2, -0.15) is 0 Å². The van der Waals surface area contributed by atoms with E-state index in [2.05, 4.69) is 14.9 Å². The van der Waals surface area contributed by atoms with Crippen LogP contribution in [-0.4, -0.2) is 72.3 Å². The molecule has 1 unspecified atom stereocenters. The first-order valence-electron chi connectivity index (χ1n) is 10.8. The summed E-state index contributed by atoms with van der Waals surface area (Å²) in [6.07, 6.45) is 0. The third-order valence-corrected chi connectivity index (χ3v) is 7.02. The number of rotatable bonds is 10. The van der Waals surface area contributed by atoms with E-state index in [9.17, 15) is 17.6 Å². The van der Waals surface area contributed by atoms with Crippen molar-refractivity contribution in [3.63, 3.8) is 0 Å². The molecule has 1 saturated heterocycles. The number of methoxy groups -OCH3 is 1. The lowest BCUT2D eigenvalue weighted by Crippen LogP contribution is -2.44. The van der Waals surface area contributed by atoms with Crippen molar-refractivity contribution in [3.8, 4) is 0 Å². The lowest BCUT2D eigenvalue weighted by molar-refractivity contribution is 0.0162. The summed E-state index contributed by atoms with van der Waals surface area (Å²) < 4.78 is 51.3. The molecule has 0 aliphatic carbocycles. The zero-order chi connectivity index (χ0) is 23.8. The average molecular weight is 480 g/mol. The molecule has 180 valence electrons. The fraction of sp³-hybridized carbons (Fsp3) is 0.435. The number of hydrogen-bond donors (Lipinski definition) is 2. The average Bonchev–Trinajstić information content (AvgIpc) is 2.81. The zero-order valence-electron chi connectivity index (χ0n) is 18.8. The number of amides is 1. The predicted octanol–water partition coefficient (Wildman–Crippen LogP) is 1.86. The van der Waals surface area contributed by atoms with E-state index in [4.69, 9.17) is 9.47 Å². The van der Waals surface area contributed by atoms with Crippen LogP contribution in [0.2, 0.25) is 0 Å². The first kappa shape index (κ1) is 25.3. The molecule has 3 rings (SSSR count). The summed E-state index contributed by atoms with van der Waals surface area (Å²) in [5, 5.41) is 2.93. The second-order valence-corrected chi connectivity index (χ2v) is 9.56. The van der Waals surface area contributed by atoms with Crippen molar-refractivity contribution >= 4 is 15.9 Å². The summed E-state index contributed by atoms with van der Waals surface area (Å²) in [7, 11) is -2.28. The standard InChI is InChI=1S/C23H30FN3O5S/c1-17-3-8-20(33(29,30)26-9-12-31-2)15-21(17)23(28)25-16-22(27-10-13-32-14-11-27)18-4-6-19(24)7-5-18/h3-8,15,22,26H,9-14,16H2,1-2H3,(H,25,28). The summed E-state index contributed by atoms with van der Waals surface area (Å²) in [6, 6.07) is 10.5. The van der Waals surface area contributed by atoms with Crippen LogP contribution in [0.25, 0.3) is 0 Å². The van der Waals surface area contributed by atoms with Gasteiger partial charge in [0, 0.05) is 38.9 Å². The van der Waals surface area contributed by atoms with Crippen molar-refractivity contribution in [3.05, 3.63) is 65.0 Å². The Hall–Kier alpha value is -2.37. The molecule has 1 aliphatic heterocycles. The molecule has 1 amide bonds. The van der Waals surface area contributed by atoms with E-state index in [-0.39, 0.29) is 47.9 Å². The van der Waals surface area contributed by atoms with Crippen LogP contribution >= 0.6 is 0 Å². The van der Waals surface area contributed by atoms with Gasteiger partial charge >= 0.3 is 0 Å². The molecule has 0 saturated carbocycles. The normalized spacial score (nSPS) is 15.8. The van der Waals surface area contributed by atoms with Crippen LogP contribution in [0.15, 0.2) is 47.4 Å². The Morgan fingerprint density at radius 2 is 1.88 bits per heavy atom. The van der Waals surface area contributed by atoms with Crippen LogP contribution in [0.1, 0.15) is 27.5 Å². The molecule has 1 aliphatic rings. The number of carbonyl (C=O) groups excluding carboxylic acids is 1. The Kier molecular flexibility index (Phi) is 8.93. The van der Waals surface area contributed by atoms with Gasteiger partial charge in [-0.25, -0.2) is 17.5 Å². The van der Waals surface area contributed by atoms with Crippen LogP contribution in [0.3, 0.4) is 0 Å². The third-order valence-electron chi connectivity index (χ3n) is 5.56. The van der Waals surface area contributed by atoms with Crippen molar-refractivity contribution < 1.29 is 27.1 Å². The number of benzene rings is 2. The largest absolute Gasteiger partial charge is 0.383 e. The molecule has 33 heavy (non-hydrogen) atoms. The van der Waals surface area contributed by atoms with E-state index in [0.29, 0.717) is 31.9 Å². The van der Waals surface area contributed by atoms with Crippen molar-refractivity contribution in [2.75, 3.05) is 53.1 Å². The van der Waals surface area contributed by atoms with E-state index in [0.717, 1.165) is 5.56 Å². The smallest absolute Gasteiger partial charge is 0.251 e. The quantitative estimate of drug-likeness (QED) is 0.505. The number of morpholine rings is 1. The monoisotopic (exact) mass is 479 g/mol. The van der Waals surface area contributed by atoms with Crippen LogP contribution in [-0.2, 0) is 19.5 Å². The van der Waals surface area contributed by atoms with Gasteiger partial charge in [-0.15, -0.1) is 0 Å². The molecule has 1 fully saturated rings. The van der Waals surface area contributed by atoms with Crippen LogP contribution in [0.5, 0.6) is 0 Å². The SMILES string of the molecule is COCCNS(=O)(=O)c1ccc(C)c(C(=O)NCC(c2ccc(F)cc2)N2CCOCC2)c1. The fourth-order valence-corrected chi connectivity index (χ4v) is 4.73. The fourth-order valence-electron chi connectivity index (χ4n) is 3.69. The number of nitrogens with zero attached hydrogens (tertiary/aromatic N) is 1. The molecule has 0 radical (unpaired) electrons. The lowest BCUT2D eigenvalue weighted by Gasteiger charge is -2.35. The summed E-state index contributed by atoms with van der Waals surface area (Å²) in [5.74, 6) is -0.696. The lowest BCUT2D eigenvalue weighted by atomic mass is 10.0. The minimum Gasteiger partial charge on any atom is -0.383 e. The summed E-state index contributed by atoms with van der Waals surface area (Å²) in [4.78, 5) is 15.2. The molecule has 0 spiro atoms. The molecule has 0 bridgehead atoms. The number of hydrogen-bond acceptors (Lipinski definition) is 6. The molecule has 2 aromatic carbocycles. The van der Waals surface area contributed by atoms with E-state index in [1.165, 1.54) is 31.4 Å². The molecule has 10 heteroatoms. The second-order valence-electron chi connectivity index (χ2n) is 7.79. The topological polar surface area (TPSA) is 97.0 Å². The number of carbonyl (C=O) groups is 1. The third kappa shape index (κ3) is 6.81. The first-order valence-corrected chi connectivity index (χ1v) is 12.2. The van der Waals surface area contributed by atoms with Crippen molar-refractivity contribution in [2.24, 2.45) is 0 Å². The van der Waals surface area contributed by atoms with Gasteiger partial charge in [0.2, 0.25) is 10.0 Å². The number of aryl methyl sites for hydroxylation is 1.